The van der Waals surface area contributed by atoms with Gasteiger partial charge in [0.25, 0.3) is 5.56 Å². The SMILES string of the molecule is COC(=O)N[C@H](C(=O)N(CC1(C)OCCCO1)C(C)(C)c1nc2cc(Br)ccc2c(=O)[nH]1)C(C)C. The van der Waals surface area contributed by atoms with Gasteiger partial charge >= 0.3 is 6.09 Å². The Morgan fingerprint density at radius 1 is 1.31 bits per heavy atom. The summed E-state index contributed by atoms with van der Waals surface area (Å²) in [6, 6.07) is 4.31. The maximum atomic E-state index is 14.0. The van der Waals surface area contributed by atoms with Crippen LogP contribution in [0.3, 0.4) is 0 Å². The Morgan fingerprint density at radius 2 is 1.97 bits per heavy atom. The molecule has 0 spiro atoms. The van der Waals surface area contributed by atoms with Crippen LogP contribution >= 0.6 is 15.9 Å². The molecule has 1 saturated heterocycles. The van der Waals surface area contributed by atoms with Crippen LogP contribution in [0, 0.1) is 5.92 Å². The van der Waals surface area contributed by atoms with Gasteiger partial charge in [-0.1, -0.05) is 29.8 Å². The minimum absolute atomic E-state index is 0.0468. The summed E-state index contributed by atoms with van der Waals surface area (Å²) in [5.74, 6) is -1.41. The van der Waals surface area contributed by atoms with Crippen LogP contribution in [0.1, 0.15) is 46.9 Å². The summed E-state index contributed by atoms with van der Waals surface area (Å²) >= 11 is 3.42. The molecule has 0 saturated carbocycles. The molecular weight excluding hydrogens is 520 g/mol. The van der Waals surface area contributed by atoms with Gasteiger partial charge in [-0.15, -0.1) is 0 Å². The number of ether oxygens (including phenoxy) is 3. The number of methoxy groups -OCH3 is 1. The first-order valence-corrected chi connectivity index (χ1v) is 12.3. The molecule has 0 unspecified atom stereocenters. The van der Waals surface area contributed by atoms with E-state index in [0.29, 0.717) is 29.9 Å². The lowest BCUT2D eigenvalue weighted by atomic mass is 9.95. The minimum atomic E-state index is -1.11. The summed E-state index contributed by atoms with van der Waals surface area (Å²) < 4.78 is 17.3. The lowest BCUT2D eigenvalue weighted by molar-refractivity contribution is -0.266. The van der Waals surface area contributed by atoms with Crippen molar-refractivity contribution in [3.8, 4) is 0 Å². The lowest BCUT2D eigenvalue weighted by Gasteiger charge is -2.45. The average molecular weight is 553 g/mol. The molecule has 0 aliphatic carbocycles. The monoisotopic (exact) mass is 552 g/mol. The molecule has 0 radical (unpaired) electrons. The van der Waals surface area contributed by atoms with Crippen LogP contribution in [0.25, 0.3) is 10.9 Å². The molecule has 2 N–H and O–H groups in total. The van der Waals surface area contributed by atoms with Crippen LogP contribution in [0.2, 0.25) is 0 Å². The highest BCUT2D eigenvalue weighted by molar-refractivity contribution is 9.10. The fraction of sp³-hybridized carbons (Fsp3) is 0.583. The van der Waals surface area contributed by atoms with Gasteiger partial charge in [0, 0.05) is 4.47 Å². The Kier molecular flexibility index (Phi) is 8.23. The van der Waals surface area contributed by atoms with Gasteiger partial charge in [-0.05, 0) is 51.3 Å². The highest BCUT2D eigenvalue weighted by Crippen LogP contribution is 2.31. The van der Waals surface area contributed by atoms with Crippen LogP contribution in [0.5, 0.6) is 0 Å². The van der Waals surface area contributed by atoms with Gasteiger partial charge in [0.05, 0.1) is 43.3 Å². The Morgan fingerprint density at radius 3 is 2.57 bits per heavy atom. The van der Waals surface area contributed by atoms with Crippen molar-refractivity contribution >= 4 is 38.8 Å². The zero-order valence-electron chi connectivity index (χ0n) is 20.9. The normalized spacial score (nSPS) is 16.7. The Balaban J connectivity index is 2.11. The maximum absolute atomic E-state index is 14.0. The molecule has 2 aromatic rings. The number of H-pyrrole nitrogens is 1. The fourth-order valence-corrected chi connectivity index (χ4v) is 4.35. The second kappa shape index (κ2) is 10.6. The molecule has 1 aromatic heterocycles. The third kappa shape index (κ3) is 6.02. The van der Waals surface area contributed by atoms with E-state index in [9.17, 15) is 14.4 Å². The number of carbonyl (C=O) groups is 2. The van der Waals surface area contributed by atoms with E-state index in [1.54, 1.807) is 43.9 Å². The Hall–Kier alpha value is -2.50. The van der Waals surface area contributed by atoms with E-state index < -0.39 is 23.5 Å². The smallest absolute Gasteiger partial charge is 0.407 e. The van der Waals surface area contributed by atoms with Gasteiger partial charge in [-0.25, -0.2) is 9.78 Å². The molecule has 2 heterocycles. The third-order valence-electron chi connectivity index (χ3n) is 6.13. The quantitative estimate of drug-likeness (QED) is 0.540. The zero-order valence-corrected chi connectivity index (χ0v) is 22.5. The molecule has 1 fully saturated rings. The third-order valence-corrected chi connectivity index (χ3v) is 6.62. The predicted molar refractivity (Wildman–Crippen MR) is 134 cm³/mol. The summed E-state index contributed by atoms with van der Waals surface area (Å²) in [6.07, 6.45) is 0.0353. The molecule has 1 aromatic carbocycles. The summed E-state index contributed by atoms with van der Waals surface area (Å²) in [5, 5.41) is 3.07. The number of nitrogens with one attached hydrogen (secondary N) is 2. The van der Waals surface area contributed by atoms with Crippen molar-refractivity contribution in [3.63, 3.8) is 0 Å². The molecule has 35 heavy (non-hydrogen) atoms. The van der Waals surface area contributed by atoms with Crippen LogP contribution < -0.4 is 10.9 Å². The van der Waals surface area contributed by atoms with E-state index >= 15 is 0 Å². The standard InChI is InChI=1S/C24H33BrN4O6/c1-14(2)18(27-22(32)33-6)20(31)29(13-24(5)34-10-7-11-35-24)23(3,4)21-26-17-12-15(25)8-9-16(17)19(30)28-21/h8-9,12,14,18H,7,10-11,13H2,1-6H3,(H,27,32)(H,26,28,30)/t18-/m0/s1. The first kappa shape index (κ1) is 27.1. The summed E-state index contributed by atoms with van der Waals surface area (Å²) in [5.41, 5.74) is -0.935. The number of amides is 2. The number of aromatic amines is 1. The number of hydrogen-bond acceptors (Lipinski definition) is 7. The number of halogens is 1. The molecule has 1 atom stereocenters. The summed E-state index contributed by atoms with van der Waals surface area (Å²) in [6.45, 7) is 10.0. The van der Waals surface area contributed by atoms with Gasteiger partial charge in [-0.3, -0.25) is 9.59 Å². The molecule has 1 aliphatic rings. The van der Waals surface area contributed by atoms with Crippen molar-refractivity contribution in [3.05, 3.63) is 38.9 Å². The summed E-state index contributed by atoms with van der Waals surface area (Å²) in [4.78, 5) is 48.0. The number of benzene rings is 1. The predicted octanol–water partition coefficient (Wildman–Crippen LogP) is 3.28. The summed E-state index contributed by atoms with van der Waals surface area (Å²) in [7, 11) is 1.24. The first-order valence-electron chi connectivity index (χ1n) is 11.5. The highest BCUT2D eigenvalue weighted by Gasteiger charge is 2.44. The maximum Gasteiger partial charge on any atom is 0.407 e. The van der Waals surface area contributed by atoms with Gasteiger partial charge in [0.1, 0.15) is 11.9 Å². The van der Waals surface area contributed by atoms with Crippen molar-refractivity contribution in [1.82, 2.24) is 20.2 Å². The molecule has 3 rings (SSSR count). The zero-order chi connectivity index (χ0) is 26.0. The number of fused-ring (bicyclic) bond motifs is 1. The molecule has 192 valence electrons. The fourth-order valence-electron chi connectivity index (χ4n) is 4.00. The number of rotatable bonds is 7. The minimum Gasteiger partial charge on any atom is -0.453 e. The van der Waals surface area contributed by atoms with E-state index in [-0.39, 0.29) is 23.9 Å². The van der Waals surface area contributed by atoms with Crippen molar-refractivity contribution < 1.29 is 23.8 Å². The van der Waals surface area contributed by atoms with E-state index in [1.165, 1.54) is 7.11 Å². The van der Waals surface area contributed by atoms with Crippen molar-refractivity contribution in [2.45, 2.75) is 58.4 Å². The molecule has 11 heteroatoms. The van der Waals surface area contributed by atoms with E-state index in [0.717, 1.165) is 10.9 Å². The van der Waals surface area contributed by atoms with Crippen molar-refractivity contribution in [2.24, 2.45) is 5.92 Å². The molecule has 2 amide bonds. The van der Waals surface area contributed by atoms with Crippen molar-refractivity contribution in [1.29, 1.82) is 0 Å². The second-order valence-corrected chi connectivity index (χ2v) is 10.5. The largest absolute Gasteiger partial charge is 0.453 e. The van der Waals surface area contributed by atoms with Gasteiger partial charge in [0.15, 0.2) is 5.79 Å². The number of hydrogen-bond donors (Lipinski definition) is 2. The van der Waals surface area contributed by atoms with Gasteiger partial charge in [0.2, 0.25) is 5.91 Å². The van der Waals surface area contributed by atoms with Gasteiger partial charge in [-0.2, -0.15) is 0 Å². The Labute approximate surface area is 212 Å². The van der Waals surface area contributed by atoms with Crippen molar-refractivity contribution in [2.75, 3.05) is 26.9 Å². The van der Waals surface area contributed by atoms with E-state index in [1.807, 2.05) is 13.8 Å². The van der Waals surface area contributed by atoms with E-state index in [4.69, 9.17) is 19.2 Å². The number of carbonyl (C=O) groups excluding carboxylic acids is 2. The molecular formula is C24H33BrN4O6. The van der Waals surface area contributed by atoms with Gasteiger partial charge < -0.3 is 29.4 Å². The van der Waals surface area contributed by atoms with Crippen LogP contribution in [0.15, 0.2) is 27.5 Å². The number of nitrogens with zero attached hydrogens (tertiary/aromatic N) is 2. The van der Waals surface area contributed by atoms with Crippen LogP contribution in [-0.4, -0.2) is 65.6 Å². The number of aromatic nitrogens is 2. The molecule has 10 nitrogen and oxygen atoms in total. The van der Waals surface area contributed by atoms with Crippen LogP contribution in [0.4, 0.5) is 4.79 Å². The Bertz CT molecular complexity index is 1140. The van der Waals surface area contributed by atoms with E-state index in [2.05, 4.69) is 26.2 Å². The topological polar surface area (TPSA) is 123 Å². The number of alkyl carbamates (subject to hydrolysis) is 1. The molecule has 0 bridgehead atoms. The molecule has 1 aliphatic heterocycles. The lowest BCUT2D eigenvalue weighted by Crippen LogP contribution is -2.61. The second-order valence-electron chi connectivity index (χ2n) is 9.60. The first-order chi connectivity index (χ1) is 16.4. The van der Waals surface area contributed by atoms with Crippen LogP contribution in [-0.2, 0) is 24.5 Å². The average Bonchev–Trinajstić information content (AvgIpc) is 2.80. The highest BCUT2D eigenvalue weighted by atomic mass is 79.9.